The molecule has 1 heterocycles. The average molecular weight is 246 g/mol. The number of nitrogens with zero attached hydrogens (tertiary/aromatic N) is 2. The zero-order valence-electron chi connectivity index (χ0n) is 9.60. The number of hydrogen-bond acceptors (Lipinski definition) is 4. The molecule has 7 heteroatoms. The van der Waals surface area contributed by atoms with Crippen LogP contribution in [0.5, 0.6) is 0 Å². The highest BCUT2D eigenvalue weighted by atomic mass is 32.2. The highest BCUT2D eigenvalue weighted by Crippen LogP contribution is 2.04. The third kappa shape index (κ3) is 4.30. The van der Waals surface area contributed by atoms with Crippen LogP contribution in [-0.2, 0) is 10.0 Å². The molecule has 0 saturated carbocycles. The molecule has 1 aromatic rings. The SMILES string of the molecule is CN(C)CCCCNS(=O)(=O)c1cn[nH]c1. The Bertz CT molecular complexity index is 386. The summed E-state index contributed by atoms with van der Waals surface area (Å²) < 4.78 is 25.7. The Morgan fingerprint density at radius 1 is 1.44 bits per heavy atom. The highest BCUT2D eigenvalue weighted by Gasteiger charge is 2.13. The van der Waals surface area contributed by atoms with Crippen LogP contribution in [0.25, 0.3) is 0 Å². The number of aromatic amines is 1. The Morgan fingerprint density at radius 2 is 2.19 bits per heavy atom. The van der Waals surface area contributed by atoms with Gasteiger partial charge in [-0.15, -0.1) is 0 Å². The number of sulfonamides is 1. The van der Waals surface area contributed by atoms with Gasteiger partial charge in [-0.05, 0) is 33.5 Å². The van der Waals surface area contributed by atoms with Gasteiger partial charge in [-0.3, -0.25) is 5.10 Å². The topological polar surface area (TPSA) is 78.1 Å². The zero-order chi connectivity index (χ0) is 12.0. The minimum Gasteiger partial charge on any atom is -0.309 e. The van der Waals surface area contributed by atoms with Crippen LogP contribution in [-0.4, -0.2) is 50.7 Å². The maximum Gasteiger partial charge on any atom is 0.243 e. The molecule has 0 radical (unpaired) electrons. The van der Waals surface area contributed by atoms with Gasteiger partial charge in [0.2, 0.25) is 10.0 Å². The molecule has 0 aliphatic heterocycles. The summed E-state index contributed by atoms with van der Waals surface area (Å²) >= 11 is 0. The van der Waals surface area contributed by atoms with Crippen molar-refractivity contribution in [3.05, 3.63) is 12.4 Å². The van der Waals surface area contributed by atoms with Crippen LogP contribution in [0, 0.1) is 0 Å². The molecule has 1 rings (SSSR count). The third-order valence-corrected chi connectivity index (χ3v) is 3.54. The van der Waals surface area contributed by atoms with Gasteiger partial charge in [-0.25, -0.2) is 13.1 Å². The van der Waals surface area contributed by atoms with Crippen LogP contribution in [0.1, 0.15) is 12.8 Å². The molecule has 0 spiro atoms. The van der Waals surface area contributed by atoms with Gasteiger partial charge in [0.1, 0.15) is 4.90 Å². The van der Waals surface area contributed by atoms with Gasteiger partial charge in [0, 0.05) is 12.7 Å². The van der Waals surface area contributed by atoms with Gasteiger partial charge < -0.3 is 4.90 Å². The predicted octanol–water partition coefficient (Wildman–Crippen LogP) is 0.0298. The van der Waals surface area contributed by atoms with Gasteiger partial charge in [0.15, 0.2) is 0 Å². The second kappa shape index (κ2) is 5.97. The van der Waals surface area contributed by atoms with Gasteiger partial charge in [-0.2, -0.15) is 5.10 Å². The first-order valence-electron chi connectivity index (χ1n) is 5.15. The summed E-state index contributed by atoms with van der Waals surface area (Å²) in [4.78, 5) is 2.25. The average Bonchev–Trinajstić information content (AvgIpc) is 2.69. The minimum absolute atomic E-state index is 0.181. The second-order valence-electron chi connectivity index (χ2n) is 3.84. The molecule has 0 atom stereocenters. The lowest BCUT2D eigenvalue weighted by Gasteiger charge is -2.09. The number of nitrogens with one attached hydrogen (secondary N) is 2. The van der Waals surface area contributed by atoms with E-state index >= 15 is 0 Å². The zero-order valence-corrected chi connectivity index (χ0v) is 10.4. The molecule has 92 valence electrons. The van der Waals surface area contributed by atoms with Crippen molar-refractivity contribution in [3.8, 4) is 0 Å². The van der Waals surface area contributed by atoms with Crippen molar-refractivity contribution in [2.75, 3.05) is 27.2 Å². The second-order valence-corrected chi connectivity index (χ2v) is 5.61. The van der Waals surface area contributed by atoms with Crippen molar-refractivity contribution in [2.45, 2.75) is 17.7 Å². The van der Waals surface area contributed by atoms with E-state index in [9.17, 15) is 8.42 Å². The normalized spacial score (nSPS) is 12.2. The van der Waals surface area contributed by atoms with E-state index in [4.69, 9.17) is 0 Å². The molecular formula is C9H18N4O2S. The quantitative estimate of drug-likeness (QED) is 0.665. The number of rotatable bonds is 7. The van der Waals surface area contributed by atoms with E-state index in [2.05, 4.69) is 19.8 Å². The summed E-state index contributed by atoms with van der Waals surface area (Å²) in [6.45, 7) is 1.43. The van der Waals surface area contributed by atoms with Crippen molar-refractivity contribution in [2.24, 2.45) is 0 Å². The maximum atomic E-state index is 11.6. The van der Waals surface area contributed by atoms with E-state index < -0.39 is 10.0 Å². The monoisotopic (exact) mass is 246 g/mol. The fourth-order valence-electron chi connectivity index (χ4n) is 1.23. The molecular weight excluding hydrogens is 228 g/mol. The fraction of sp³-hybridized carbons (Fsp3) is 0.667. The summed E-state index contributed by atoms with van der Waals surface area (Å²) in [6, 6.07) is 0. The molecule has 0 bridgehead atoms. The molecule has 0 unspecified atom stereocenters. The van der Waals surface area contributed by atoms with Gasteiger partial charge >= 0.3 is 0 Å². The number of H-pyrrole nitrogens is 1. The van der Waals surface area contributed by atoms with Gasteiger partial charge in [-0.1, -0.05) is 0 Å². The van der Waals surface area contributed by atoms with Crippen molar-refractivity contribution in [1.29, 1.82) is 0 Å². The Kier molecular flexibility index (Phi) is 4.91. The van der Waals surface area contributed by atoms with Crippen LogP contribution in [0.4, 0.5) is 0 Å². The Labute approximate surface area is 96.1 Å². The predicted molar refractivity (Wildman–Crippen MR) is 61.6 cm³/mol. The molecule has 2 N–H and O–H groups in total. The van der Waals surface area contributed by atoms with E-state index in [1.165, 1.54) is 12.4 Å². The van der Waals surface area contributed by atoms with Crippen molar-refractivity contribution in [3.63, 3.8) is 0 Å². The highest BCUT2D eigenvalue weighted by molar-refractivity contribution is 7.89. The Morgan fingerprint density at radius 3 is 2.75 bits per heavy atom. The summed E-state index contributed by atoms with van der Waals surface area (Å²) in [7, 11) is 0.616. The first-order chi connectivity index (χ1) is 7.52. The molecule has 0 fully saturated rings. The minimum atomic E-state index is -3.38. The standard InChI is InChI=1S/C9H18N4O2S/c1-13(2)6-4-3-5-12-16(14,15)9-7-10-11-8-9/h7-8,12H,3-6H2,1-2H3,(H,10,11). The van der Waals surface area contributed by atoms with E-state index in [0.29, 0.717) is 6.54 Å². The molecule has 0 saturated heterocycles. The van der Waals surface area contributed by atoms with E-state index in [1.54, 1.807) is 0 Å². The van der Waals surface area contributed by atoms with E-state index in [0.717, 1.165) is 19.4 Å². The molecule has 0 aliphatic rings. The molecule has 0 aliphatic carbocycles. The lowest BCUT2D eigenvalue weighted by Crippen LogP contribution is -2.25. The first kappa shape index (κ1) is 13.1. The van der Waals surface area contributed by atoms with Gasteiger partial charge in [0.05, 0.1) is 6.20 Å². The van der Waals surface area contributed by atoms with E-state index in [-0.39, 0.29) is 4.90 Å². The van der Waals surface area contributed by atoms with Crippen LogP contribution < -0.4 is 4.72 Å². The van der Waals surface area contributed by atoms with Crippen LogP contribution in [0.15, 0.2) is 17.3 Å². The fourth-order valence-corrected chi connectivity index (χ4v) is 2.21. The summed E-state index contributed by atoms with van der Waals surface area (Å²) in [6.07, 6.45) is 4.46. The molecule has 0 amide bonds. The third-order valence-electron chi connectivity index (χ3n) is 2.11. The number of unbranched alkanes of at least 4 members (excludes halogenated alkanes) is 1. The van der Waals surface area contributed by atoms with Crippen molar-refractivity contribution >= 4 is 10.0 Å². The summed E-state index contributed by atoms with van der Waals surface area (Å²) in [5.74, 6) is 0. The number of aromatic nitrogens is 2. The lowest BCUT2D eigenvalue weighted by atomic mass is 10.3. The molecule has 16 heavy (non-hydrogen) atoms. The molecule has 0 aromatic carbocycles. The van der Waals surface area contributed by atoms with Crippen molar-refractivity contribution in [1.82, 2.24) is 19.8 Å². The van der Waals surface area contributed by atoms with Crippen LogP contribution >= 0.6 is 0 Å². The summed E-state index contributed by atoms with van der Waals surface area (Å²) in [5, 5.41) is 6.08. The first-order valence-corrected chi connectivity index (χ1v) is 6.64. The smallest absolute Gasteiger partial charge is 0.243 e. The van der Waals surface area contributed by atoms with Crippen LogP contribution in [0.3, 0.4) is 0 Å². The van der Waals surface area contributed by atoms with Crippen molar-refractivity contribution < 1.29 is 8.42 Å². The Hall–Kier alpha value is -0.920. The molecule has 1 aromatic heterocycles. The number of hydrogen-bond donors (Lipinski definition) is 2. The molecule has 6 nitrogen and oxygen atoms in total. The summed E-state index contributed by atoms with van der Waals surface area (Å²) in [5.41, 5.74) is 0. The lowest BCUT2D eigenvalue weighted by molar-refractivity contribution is 0.394. The van der Waals surface area contributed by atoms with Gasteiger partial charge in [0.25, 0.3) is 0 Å². The Balaban J connectivity index is 2.28. The largest absolute Gasteiger partial charge is 0.309 e. The van der Waals surface area contributed by atoms with Crippen LogP contribution in [0.2, 0.25) is 0 Å². The van der Waals surface area contributed by atoms with E-state index in [1.807, 2.05) is 14.1 Å². The maximum absolute atomic E-state index is 11.6.